The van der Waals surface area contributed by atoms with Gasteiger partial charge in [-0.2, -0.15) is 0 Å². The molecule has 1 heterocycles. The Kier molecular flexibility index (Phi) is 5.73. The molecular formula is C13H28N2O. The fourth-order valence-corrected chi connectivity index (χ4v) is 2.14. The zero-order valence-electron chi connectivity index (χ0n) is 11.2. The van der Waals surface area contributed by atoms with Crippen molar-refractivity contribution < 1.29 is 5.11 Å². The van der Waals surface area contributed by atoms with Crippen LogP contribution in [0.5, 0.6) is 0 Å². The Bertz CT molecular complexity index is 186. The number of hydrogen-bond acceptors (Lipinski definition) is 3. The van der Waals surface area contributed by atoms with E-state index < -0.39 is 0 Å². The highest BCUT2D eigenvalue weighted by Gasteiger charge is 2.21. The van der Waals surface area contributed by atoms with Crippen LogP contribution in [0.1, 0.15) is 40.5 Å². The number of nitrogens with one attached hydrogen (secondary N) is 1. The topological polar surface area (TPSA) is 35.5 Å². The molecule has 1 atom stereocenters. The van der Waals surface area contributed by atoms with Gasteiger partial charge in [-0.25, -0.2) is 0 Å². The molecule has 1 unspecified atom stereocenters. The summed E-state index contributed by atoms with van der Waals surface area (Å²) in [6.07, 6.45) is 2.22. The van der Waals surface area contributed by atoms with Gasteiger partial charge in [0, 0.05) is 18.6 Å². The van der Waals surface area contributed by atoms with E-state index in [0.29, 0.717) is 18.0 Å². The molecule has 1 aliphatic heterocycles. The number of hydrogen-bond donors (Lipinski definition) is 2. The minimum absolute atomic E-state index is 0.205. The van der Waals surface area contributed by atoms with E-state index in [0.717, 1.165) is 6.54 Å². The Balaban J connectivity index is 2.17. The van der Waals surface area contributed by atoms with Crippen molar-refractivity contribution >= 4 is 0 Å². The molecule has 1 saturated heterocycles. The first-order valence-electron chi connectivity index (χ1n) is 6.66. The van der Waals surface area contributed by atoms with Crippen molar-refractivity contribution in [3.05, 3.63) is 0 Å². The Morgan fingerprint density at radius 1 is 1.19 bits per heavy atom. The van der Waals surface area contributed by atoms with Gasteiger partial charge < -0.3 is 15.3 Å². The van der Waals surface area contributed by atoms with Crippen molar-refractivity contribution in [1.82, 2.24) is 10.2 Å². The maximum absolute atomic E-state index is 9.72. The molecule has 1 rings (SSSR count). The van der Waals surface area contributed by atoms with Gasteiger partial charge in [-0.1, -0.05) is 13.8 Å². The average molecular weight is 228 g/mol. The Labute approximate surface area is 100 Å². The van der Waals surface area contributed by atoms with Gasteiger partial charge in [-0.3, -0.25) is 0 Å². The number of aliphatic hydroxyl groups is 1. The SMILES string of the molecule is CC(C)C(O)CNC1CCN(C(C)C)CC1. The predicted octanol–water partition coefficient (Wildman–Crippen LogP) is 1.47. The summed E-state index contributed by atoms with van der Waals surface area (Å²) in [5, 5.41) is 13.2. The second-order valence-corrected chi connectivity index (χ2v) is 5.62. The third kappa shape index (κ3) is 4.40. The highest BCUT2D eigenvalue weighted by atomic mass is 16.3. The third-order valence-electron chi connectivity index (χ3n) is 3.65. The van der Waals surface area contributed by atoms with Crippen molar-refractivity contribution in [1.29, 1.82) is 0 Å². The number of nitrogens with zero attached hydrogens (tertiary/aromatic N) is 1. The van der Waals surface area contributed by atoms with Crippen LogP contribution in [0.3, 0.4) is 0 Å². The molecule has 0 aromatic rings. The molecule has 2 N–H and O–H groups in total. The van der Waals surface area contributed by atoms with Crippen LogP contribution >= 0.6 is 0 Å². The van der Waals surface area contributed by atoms with Crippen LogP contribution in [0, 0.1) is 5.92 Å². The smallest absolute Gasteiger partial charge is 0.0687 e. The first kappa shape index (κ1) is 13.9. The monoisotopic (exact) mass is 228 g/mol. The summed E-state index contributed by atoms with van der Waals surface area (Å²) in [6, 6.07) is 1.27. The van der Waals surface area contributed by atoms with Crippen LogP contribution in [0.25, 0.3) is 0 Å². The van der Waals surface area contributed by atoms with Crippen LogP contribution in [0.2, 0.25) is 0 Å². The second-order valence-electron chi connectivity index (χ2n) is 5.62. The summed E-state index contributed by atoms with van der Waals surface area (Å²) >= 11 is 0. The lowest BCUT2D eigenvalue weighted by Crippen LogP contribution is -2.47. The highest BCUT2D eigenvalue weighted by Crippen LogP contribution is 2.13. The normalized spacial score (nSPS) is 21.9. The first-order chi connectivity index (χ1) is 7.50. The van der Waals surface area contributed by atoms with Crippen LogP contribution in [-0.4, -0.2) is 47.8 Å². The molecule has 16 heavy (non-hydrogen) atoms. The van der Waals surface area contributed by atoms with Gasteiger partial charge in [-0.15, -0.1) is 0 Å². The minimum atomic E-state index is -0.205. The number of likely N-dealkylation sites (tertiary alicyclic amines) is 1. The van der Waals surface area contributed by atoms with E-state index in [1.807, 2.05) is 0 Å². The summed E-state index contributed by atoms with van der Waals surface area (Å²) in [6.45, 7) is 11.8. The standard InChI is InChI=1S/C13H28N2O/c1-10(2)13(16)9-14-12-5-7-15(8-6-12)11(3)4/h10-14,16H,5-9H2,1-4H3. The van der Waals surface area contributed by atoms with E-state index in [4.69, 9.17) is 0 Å². The van der Waals surface area contributed by atoms with E-state index in [2.05, 4.69) is 37.9 Å². The number of rotatable bonds is 5. The molecule has 1 fully saturated rings. The van der Waals surface area contributed by atoms with Gasteiger partial charge in [0.05, 0.1) is 6.10 Å². The Morgan fingerprint density at radius 2 is 1.75 bits per heavy atom. The summed E-state index contributed by atoms with van der Waals surface area (Å²) in [7, 11) is 0. The summed E-state index contributed by atoms with van der Waals surface area (Å²) in [4.78, 5) is 2.52. The van der Waals surface area contributed by atoms with Crippen LogP contribution < -0.4 is 5.32 Å². The molecule has 0 aromatic carbocycles. The lowest BCUT2D eigenvalue weighted by atomic mass is 10.0. The molecule has 0 aliphatic carbocycles. The molecule has 0 bridgehead atoms. The molecule has 1 aliphatic rings. The van der Waals surface area contributed by atoms with Gasteiger partial charge >= 0.3 is 0 Å². The lowest BCUT2D eigenvalue weighted by Gasteiger charge is -2.35. The Hall–Kier alpha value is -0.120. The molecule has 0 aromatic heterocycles. The van der Waals surface area contributed by atoms with Gasteiger partial charge in [0.2, 0.25) is 0 Å². The van der Waals surface area contributed by atoms with Gasteiger partial charge in [0.15, 0.2) is 0 Å². The van der Waals surface area contributed by atoms with Crippen molar-refractivity contribution in [3.63, 3.8) is 0 Å². The minimum Gasteiger partial charge on any atom is -0.392 e. The fraction of sp³-hybridized carbons (Fsp3) is 1.00. The lowest BCUT2D eigenvalue weighted by molar-refractivity contribution is 0.108. The molecule has 3 nitrogen and oxygen atoms in total. The predicted molar refractivity (Wildman–Crippen MR) is 68.6 cm³/mol. The summed E-state index contributed by atoms with van der Waals surface area (Å²) in [5.41, 5.74) is 0. The average Bonchev–Trinajstić information content (AvgIpc) is 2.26. The maximum atomic E-state index is 9.72. The van der Waals surface area contributed by atoms with Gasteiger partial charge in [0.25, 0.3) is 0 Å². The second kappa shape index (κ2) is 6.58. The fourth-order valence-electron chi connectivity index (χ4n) is 2.14. The van der Waals surface area contributed by atoms with Gasteiger partial charge in [-0.05, 0) is 45.7 Å². The van der Waals surface area contributed by atoms with Crippen LogP contribution in [0.15, 0.2) is 0 Å². The molecule has 3 heteroatoms. The number of aliphatic hydroxyl groups excluding tert-OH is 1. The largest absolute Gasteiger partial charge is 0.392 e. The molecule has 0 radical (unpaired) electrons. The summed E-state index contributed by atoms with van der Waals surface area (Å²) < 4.78 is 0. The van der Waals surface area contributed by atoms with E-state index in [1.165, 1.54) is 25.9 Å². The highest BCUT2D eigenvalue weighted by molar-refractivity contribution is 4.79. The third-order valence-corrected chi connectivity index (χ3v) is 3.65. The first-order valence-corrected chi connectivity index (χ1v) is 6.66. The van der Waals surface area contributed by atoms with Crippen molar-refractivity contribution in [2.24, 2.45) is 5.92 Å². The van der Waals surface area contributed by atoms with E-state index >= 15 is 0 Å². The van der Waals surface area contributed by atoms with E-state index in [-0.39, 0.29) is 6.10 Å². The van der Waals surface area contributed by atoms with Gasteiger partial charge in [0.1, 0.15) is 0 Å². The van der Waals surface area contributed by atoms with Crippen LogP contribution in [0.4, 0.5) is 0 Å². The van der Waals surface area contributed by atoms with Crippen molar-refractivity contribution in [2.75, 3.05) is 19.6 Å². The zero-order valence-corrected chi connectivity index (χ0v) is 11.2. The quantitative estimate of drug-likeness (QED) is 0.748. The molecular weight excluding hydrogens is 200 g/mol. The van der Waals surface area contributed by atoms with E-state index in [9.17, 15) is 5.11 Å². The maximum Gasteiger partial charge on any atom is 0.0687 e. The van der Waals surface area contributed by atoms with Crippen molar-refractivity contribution in [3.8, 4) is 0 Å². The number of piperidine rings is 1. The molecule has 0 spiro atoms. The Morgan fingerprint density at radius 3 is 2.19 bits per heavy atom. The zero-order chi connectivity index (χ0) is 12.1. The summed E-state index contributed by atoms with van der Waals surface area (Å²) in [5.74, 6) is 0.350. The van der Waals surface area contributed by atoms with E-state index in [1.54, 1.807) is 0 Å². The molecule has 96 valence electrons. The van der Waals surface area contributed by atoms with Crippen molar-refractivity contribution in [2.45, 2.75) is 58.7 Å². The van der Waals surface area contributed by atoms with Crippen LogP contribution in [-0.2, 0) is 0 Å². The molecule has 0 saturated carbocycles. The molecule has 0 amide bonds.